The van der Waals surface area contributed by atoms with Crippen LogP contribution in [0.25, 0.3) is 10.9 Å². The Bertz CT molecular complexity index is 1270. The molecule has 0 spiro atoms. The van der Waals surface area contributed by atoms with Crippen LogP contribution in [0.2, 0.25) is 0 Å². The molecule has 2 fully saturated rings. The molecule has 8 nitrogen and oxygen atoms in total. The van der Waals surface area contributed by atoms with Crippen molar-refractivity contribution in [2.24, 2.45) is 0 Å². The van der Waals surface area contributed by atoms with E-state index in [0.717, 1.165) is 40.7 Å². The number of hydrogen-bond acceptors (Lipinski definition) is 4. The second-order valence-electron chi connectivity index (χ2n) is 8.79. The topological polar surface area (TPSA) is 109 Å². The molecule has 1 unspecified atom stereocenters. The van der Waals surface area contributed by atoms with E-state index in [-0.39, 0.29) is 23.6 Å². The fourth-order valence-corrected chi connectivity index (χ4v) is 5.99. The van der Waals surface area contributed by atoms with E-state index in [4.69, 9.17) is 0 Å². The number of aromatic nitrogens is 3. The average Bonchev–Trinajstić information content (AvgIpc) is 3.31. The zero-order chi connectivity index (χ0) is 21.8. The first-order valence-electron chi connectivity index (χ1n) is 10.7. The molecule has 2 aliphatic rings. The van der Waals surface area contributed by atoms with Crippen LogP contribution < -0.4 is 10.6 Å². The predicted molar refractivity (Wildman–Crippen MR) is 120 cm³/mol. The van der Waals surface area contributed by atoms with Gasteiger partial charge in [-0.05, 0) is 56.4 Å². The van der Waals surface area contributed by atoms with Crippen LogP contribution in [0.1, 0.15) is 53.7 Å². The first-order valence-corrected chi connectivity index (χ1v) is 12.5. The number of sulfone groups is 1. The fraction of sp³-hybridized carbons (Fsp3) is 0.455. The third kappa shape index (κ3) is 4.06. The van der Waals surface area contributed by atoms with Crippen molar-refractivity contribution in [1.82, 2.24) is 20.1 Å². The van der Waals surface area contributed by atoms with Crippen molar-refractivity contribution >= 4 is 32.6 Å². The highest BCUT2D eigenvalue weighted by atomic mass is 32.2. The Kier molecular flexibility index (Phi) is 4.80. The number of anilines is 1. The van der Waals surface area contributed by atoms with Crippen LogP contribution in [0.5, 0.6) is 0 Å². The molecule has 5 rings (SSSR count). The van der Waals surface area contributed by atoms with Crippen molar-refractivity contribution in [3.05, 3.63) is 46.8 Å². The van der Waals surface area contributed by atoms with Gasteiger partial charge in [-0.15, -0.1) is 0 Å². The van der Waals surface area contributed by atoms with Gasteiger partial charge < -0.3 is 10.3 Å². The maximum Gasteiger partial charge on any atom is 0.320 e. The number of nitrogens with zero attached hydrogens (tertiary/aromatic N) is 2. The van der Waals surface area contributed by atoms with E-state index in [2.05, 4.69) is 40.6 Å². The molecule has 3 N–H and O–H groups in total. The molecule has 1 aliphatic carbocycles. The molecule has 1 aromatic carbocycles. The molecular weight excluding hydrogens is 414 g/mol. The minimum absolute atomic E-state index is 0.0739. The van der Waals surface area contributed by atoms with E-state index in [1.165, 1.54) is 5.56 Å². The second-order valence-corrected chi connectivity index (χ2v) is 11.0. The van der Waals surface area contributed by atoms with Gasteiger partial charge >= 0.3 is 6.03 Å². The van der Waals surface area contributed by atoms with Crippen LogP contribution in [-0.2, 0) is 16.4 Å². The third-order valence-electron chi connectivity index (χ3n) is 6.37. The summed E-state index contributed by atoms with van der Waals surface area (Å²) < 4.78 is 25.6. The number of benzene rings is 1. The molecule has 2 aromatic heterocycles. The summed E-state index contributed by atoms with van der Waals surface area (Å²) in [5, 5.41) is 11.6. The predicted octanol–water partition coefficient (Wildman–Crippen LogP) is 3.54. The number of rotatable bonds is 5. The summed E-state index contributed by atoms with van der Waals surface area (Å²) in [6, 6.07) is 7.45. The Balaban J connectivity index is 1.29. The molecular formula is C22H27N5O3S. The number of H-pyrrole nitrogens is 1. The second kappa shape index (κ2) is 7.40. The monoisotopic (exact) mass is 441 g/mol. The van der Waals surface area contributed by atoms with E-state index < -0.39 is 9.84 Å². The van der Waals surface area contributed by atoms with E-state index in [9.17, 15) is 13.2 Å². The molecule has 9 heteroatoms. The Morgan fingerprint density at radius 2 is 2.03 bits per heavy atom. The summed E-state index contributed by atoms with van der Waals surface area (Å²) >= 11 is 0. The Morgan fingerprint density at radius 3 is 2.74 bits per heavy atom. The number of fused-ring (bicyclic) bond motifs is 1. The van der Waals surface area contributed by atoms with Gasteiger partial charge in [0.05, 0.1) is 23.2 Å². The summed E-state index contributed by atoms with van der Waals surface area (Å²) in [5.74, 6) is 1.23. The number of amides is 2. The molecule has 1 atom stereocenters. The quantitative estimate of drug-likeness (QED) is 0.563. The standard InChI is InChI=1S/C22H27N5O3S/c1-13-14(2)24-19-6-3-15(9-18(13)19)11-23-22(28)25-21-10-20(16-4-5-16)26-27(21)17-7-8-31(29,30)12-17/h3,6,9-10,16-17,24H,4-5,7-8,11-12H2,1-2H3,(H2,23,25,28). The van der Waals surface area contributed by atoms with Crippen molar-refractivity contribution < 1.29 is 13.2 Å². The van der Waals surface area contributed by atoms with E-state index in [0.29, 0.717) is 24.7 Å². The Labute approximate surface area is 181 Å². The molecule has 3 heterocycles. The SMILES string of the molecule is Cc1[nH]c2ccc(CNC(=O)Nc3cc(C4CC4)nn3C3CCS(=O)(=O)C3)cc2c1C. The van der Waals surface area contributed by atoms with Crippen LogP contribution in [0, 0.1) is 13.8 Å². The van der Waals surface area contributed by atoms with Crippen molar-refractivity contribution in [2.45, 2.75) is 51.6 Å². The van der Waals surface area contributed by atoms with E-state index in [1.54, 1.807) is 4.68 Å². The maximum absolute atomic E-state index is 12.6. The molecule has 0 radical (unpaired) electrons. The molecule has 31 heavy (non-hydrogen) atoms. The normalized spacial score (nSPS) is 20.3. The van der Waals surface area contributed by atoms with Gasteiger partial charge in [0.15, 0.2) is 9.84 Å². The lowest BCUT2D eigenvalue weighted by Crippen LogP contribution is -2.30. The molecule has 1 saturated carbocycles. The van der Waals surface area contributed by atoms with Gasteiger partial charge in [-0.2, -0.15) is 5.10 Å². The number of aryl methyl sites for hydroxylation is 2. The minimum Gasteiger partial charge on any atom is -0.358 e. The maximum atomic E-state index is 12.6. The van der Waals surface area contributed by atoms with Gasteiger partial charge in [0.1, 0.15) is 5.82 Å². The smallest absolute Gasteiger partial charge is 0.320 e. The highest BCUT2D eigenvalue weighted by molar-refractivity contribution is 7.91. The Hall–Kier alpha value is -2.81. The summed E-state index contributed by atoms with van der Waals surface area (Å²) in [5.41, 5.74) is 5.39. The first kappa shape index (κ1) is 20.1. The van der Waals surface area contributed by atoms with Crippen molar-refractivity contribution in [2.75, 3.05) is 16.8 Å². The molecule has 164 valence electrons. The van der Waals surface area contributed by atoms with Gasteiger partial charge in [0, 0.05) is 35.1 Å². The minimum atomic E-state index is -3.04. The molecule has 3 aromatic rings. The number of hydrogen-bond donors (Lipinski definition) is 3. The third-order valence-corrected chi connectivity index (χ3v) is 8.12. The van der Waals surface area contributed by atoms with Gasteiger partial charge in [-0.1, -0.05) is 6.07 Å². The summed E-state index contributed by atoms with van der Waals surface area (Å²) in [7, 11) is -3.04. The highest BCUT2D eigenvalue weighted by Crippen LogP contribution is 2.41. The number of carbonyl (C=O) groups excluding carboxylic acids is 1. The van der Waals surface area contributed by atoms with Crippen molar-refractivity contribution in [1.29, 1.82) is 0 Å². The van der Waals surface area contributed by atoms with Crippen LogP contribution in [-0.4, -0.2) is 40.7 Å². The van der Waals surface area contributed by atoms with Gasteiger partial charge in [0.2, 0.25) is 0 Å². The zero-order valence-corrected chi connectivity index (χ0v) is 18.6. The average molecular weight is 442 g/mol. The lowest BCUT2D eigenvalue weighted by Gasteiger charge is -2.14. The summed E-state index contributed by atoms with van der Waals surface area (Å²) in [6.07, 6.45) is 2.71. The summed E-state index contributed by atoms with van der Waals surface area (Å²) in [6.45, 7) is 4.53. The number of urea groups is 1. The van der Waals surface area contributed by atoms with Crippen molar-refractivity contribution in [3.8, 4) is 0 Å². The van der Waals surface area contributed by atoms with E-state index in [1.807, 2.05) is 18.2 Å². The lowest BCUT2D eigenvalue weighted by atomic mass is 10.1. The van der Waals surface area contributed by atoms with Gasteiger partial charge in [-0.3, -0.25) is 5.32 Å². The number of carbonyl (C=O) groups is 1. The van der Waals surface area contributed by atoms with Crippen molar-refractivity contribution in [3.63, 3.8) is 0 Å². The molecule has 1 saturated heterocycles. The van der Waals surface area contributed by atoms with Crippen LogP contribution >= 0.6 is 0 Å². The number of nitrogens with one attached hydrogen (secondary N) is 3. The number of aromatic amines is 1. The molecule has 2 amide bonds. The van der Waals surface area contributed by atoms with Gasteiger partial charge in [0.25, 0.3) is 0 Å². The Morgan fingerprint density at radius 1 is 1.23 bits per heavy atom. The van der Waals surface area contributed by atoms with Crippen LogP contribution in [0.4, 0.5) is 10.6 Å². The summed E-state index contributed by atoms with van der Waals surface area (Å²) in [4.78, 5) is 16.0. The van der Waals surface area contributed by atoms with Crippen LogP contribution in [0.3, 0.4) is 0 Å². The molecule has 0 bridgehead atoms. The first-order chi connectivity index (χ1) is 14.8. The zero-order valence-electron chi connectivity index (χ0n) is 17.7. The highest BCUT2D eigenvalue weighted by Gasteiger charge is 2.34. The largest absolute Gasteiger partial charge is 0.358 e. The van der Waals surface area contributed by atoms with Gasteiger partial charge in [-0.25, -0.2) is 17.9 Å². The lowest BCUT2D eigenvalue weighted by molar-refractivity contribution is 0.251. The molecule has 1 aliphatic heterocycles. The van der Waals surface area contributed by atoms with E-state index >= 15 is 0 Å². The fourth-order valence-electron chi connectivity index (χ4n) is 4.29. The van der Waals surface area contributed by atoms with Crippen LogP contribution in [0.15, 0.2) is 24.3 Å².